The summed E-state index contributed by atoms with van der Waals surface area (Å²) in [5, 5.41) is 13.1. The zero-order chi connectivity index (χ0) is 45.5. The van der Waals surface area contributed by atoms with E-state index in [0.717, 1.165) is 0 Å². The Labute approximate surface area is 398 Å². The van der Waals surface area contributed by atoms with Crippen molar-refractivity contribution in [3.8, 4) is 0 Å². The summed E-state index contributed by atoms with van der Waals surface area (Å²) in [6.45, 7) is 20.1. The summed E-state index contributed by atoms with van der Waals surface area (Å²) in [5.41, 5.74) is 0. The van der Waals surface area contributed by atoms with Gasteiger partial charge in [-0.2, -0.15) is 0 Å². The zero-order valence-electron chi connectivity index (χ0n) is 45.5. The molecule has 0 amide bonds. The Kier molecular flexibility index (Phi) is 31.0. The first-order chi connectivity index (χ1) is 27.7. The molecule has 0 aliphatic carbocycles. The van der Waals surface area contributed by atoms with E-state index >= 15 is 0 Å². The molecule has 0 atom stereocenters. The van der Waals surface area contributed by atoms with Crippen LogP contribution in [0.2, 0.25) is 189 Å². The van der Waals surface area contributed by atoms with E-state index in [1.165, 1.54) is 83.5 Å². The second kappa shape index (κ2) is 30.5. The van der Waals surface area contributed by atoms with Crippen molar-refractivity contribution in [3.05, 3.63) is 0 Å². The molecule has 8 fully saturated rings. The molecule has 8 saturated heterocycles. The van der Waals surface area contributed by atoms with E-state index in [1.54, 1.807) is 135 Å². The van der Waals surface area contributed by atoms with Crippen LogP contribution in [-0.4, -0.2) is 85.4 Å². The van der Waals surface area contributed by atoms with Crippen LogP contribution in [0.15, 0.2) is 0 Å². The Hall–Kier alpha value is 3.04. The van der Waals surface area contributed by atoms with E-state index in [4.69, 9.17) is 0 Å². The van der Waals surface area contributed by atoms with Gasteiger partial charge in [-0.1, -0.05) is 165 Å². The van der Waals surface area contributed by atoms with E-state index in [2.05, 4.69) is 98.4 Å². The van der Waals surface area contributed by atoms with Crippen LogP contribution < -0.4 is 0 Å². The molecular weight excluding hydrogens is 1030 g/mol. The summed E-state index contributed by atoms with van der Waals surface area (Å²) in [4.78, 5) is 0. The van der Waals surface area contributed by atoms with Gasteiger partial charge in [0.15, 0.2) is 0 Å². The van der Waals surface area contributed by atoms with Gasteiger partial charge in [0, 0.05) is 32.3 Å². The van der Waals surface area contributed by atoms with Gasteiger partial charge in [-0.3, -0.25) is 0 Å². The Morgan fingerprint density at radius 3 is 0.517 bits per heavy atom. The van der Waals surface area contributed by atoms with E-state index in [-0.39, 0.29) is 0 Å². The van der Waals surface area contributed by atoms with Gasteiger partial charge in [-0.25, -0.2) is 0 Å². The summed E-state index contributed by atoms with van der Waals surface area (Å²) in [5.74, 6) is 20.4. The van der Waals surface area contributed by atoms with Crippen molar-refractivity contribution in [1.82, 2.24) is 0 Å². The summed E-state index contributed by atoms with van der Waals surface area (Å²) < 4.78 is 0. The van der Waals surface area contributed by atoms with Crippen LogP contribution in [0, 0.1) is 0 Å². The molecule has 0 spiro atoms. The second-order valence-corrected chi connectivity index (χ2v) is 94.4. The predicted octanol–water partition coefficient (Wildman–Crippen LogP) is 21.5. The van der Waals surface area contributed by atoms with Gasteiger partial charge in [0.2, 0.25) is 0 Å². The van der Waals surface area contributed by atoms with Gasteiger partial charge in [0.25, 0.3) is 0 Å². The third-order valence-corrected chi connectivity index (χ3v) is 59.0. The van der Waals surface area contributed by atoms with Gasteiger partial charge < -0.3 is 0 Å². The monoisotopic (exact) mass is 1150 g/mol. The van der Waals surface area contributed by atoms with E-state index in [1.807, 2.05) is 0 Å². The molecular formula is C52H120Ge4Si4. The molecule has 0 unspecified atom stereocenters. The average molecular weight is 1150 g/mol. The molecule has 0 bridgehead atoms. The molecule has 0 saturated carbocycles. The van der Waals surface area contributed by atoms with Crippen molar-refractivity contribution in [3.63, 3.8) is 0 Å². The molecule has 8 aliphatic heterocycles. The molecule has 0 aromatic rings. The first-order valence-electron chi connectivity index (χ1n) is 27.7. The van der Waals surface area contributed by atoms with Gasteiger partial charge >= 0.3 is 205 Å². The Balaban J connectivity index is 0.000000344. The van der Waals surface area contributed by atoms with Crippen LogP contribution in [0.25, 0.3) is 0 Å². The van der Waals surface area contributed by atoms with Gasteiger partial charge in [-0.15, -0.1) is 0 Å². The number of hydrogen-bond donors (Lipinski definition) is 0. The Morgan fingerprint density at radius 2 is 0.333 bits per heavy atom. The maximum absolute atomic E-state index is 2.59. The summed E-state index contributed by atoms with van der Waals surface area (Å²) >= 11 is -3.97. The fourth-order valence-corrected chi connectivity index (χ4v) is 41.1. The quantitative estimate of drug-likeness (QED) is 0.212. The fourth-order valence-electron chi connectivity index (χ4n) is 10.8. The molecule has 0 nitrogen and oxygen atoms in total. The average Bonchev–Trinajstić information content (AvgIpc) is 3.59. The SMILES string of the molecule is C[Si]1(C)CCC1.C[Si]1(C)CCCC1.C[Si]1(C)CCCCC1.C[Si]1(C)CCCCCC1.[CH3][Ge]1([CH3])[CH2]CCCC[CH2]1.[CH3][Ge]1([CH3])[CH2]CCC[CH2]1.[CH3][Ge]1([CH3])[CH2]CC[CH2]1.[CH3][Ge]1([CH3])[CH2]C[CH2]1. The summed E-state index contributed by atoms with van der Waals surface area (Å²) in [6, 6.07) is 12.7. The van der Waals surface area contributed by atoms with Crippen LogP contribution >= 0.6 is 0 Å². The molecule has 8 heteroatoms. The molecule has 8 heterocycles. The van der Waals surface area contributed by atoms with E-state index in [9.17, 15) is 0 Å². The van der Waals surface area contributed by atoms with Gasteiger partial charge in [0.1, 0.15) is 0 Å². The van der Waals surface area contributed by atoms with Crippen LogP contribution in [0.4, 0.5) is 0 Å². The molecule has 60 heavy (non-hydrogen) atoms. The van der Waals surface area contributed by atoms with Crippen LogP contribution in [0.1, 0.15) is 128 Å². The molecule has 8 aliphatic rings. The van der Waals surface area contributed by atoms with Crippen molar-refractivity contribution in [2.75, 3.05) is 0 Å². The number of rotatable bonds is 0. The molecule has 0 N–H and O–H groups in total. The van der Waals surface area contributed by atoms with Crippen molar-refractivity contribution in [2.45, 2.75) is 317 Å². The number of hydrogen-bond acceptors (Lipinski definition) is 0. The minimum absolute atomic E-state index is 0.451. The van der Waals surface area contributed by atoms with Crippen molar-refractivity contribution >= 4 is 85.4 Å². The normalized spacial score (nSPS) is 28.0. The molecule has 0 aromatic carbocycles. The first kappa shape index (κ1) is 61.1. The van der Waals surface area contributed by atoms with Crippen molar-refractivity contribution in [1.29, 1.82) is 0 Å². The standard InChI is InChI=1S/C8H18Ge.C8H18Si.C7H16Ge.C7H16Si.C6H14Ge.C6H14Si.C5H12Ge.C5H12Si/c2*1-9(2)7-5-3-4-6-8-9;2*1-8(2)6-4-3-5-7-8;2*1-7(2)5-3-4-6-7;2*1-6(2)4-3-5-6/h2*3-8H2,1-2H3;2*3-7H2,1-2H3;2*3-6H2,1-2H3;2*3-5H2,1-2H3. The molecule has 0 radical (unpaired) electrons. The second-order valence-electron chi connectivity index (χ2n) is 28.4. The third-order valence-electron chi connectivity index (χ3n) is 16.7. The maximum atomic E-state index is 2.59. The minimum atomic E-state index is -1.10. The predicted molar refractivity (Wildman–Crippen MR) is 309 cm³/mol. The zero-order valence-corrected chi connectivity index (χ0v) is 57.8. The van der Waals surface area contributed by atoms with Crippen LogP contribution in [-0.2, 0) is 0 Å². The topological polar surface area (TPSA) is 0 Å². The molecule has 360 valence electrons. The molecule has 8 rings (SSSR count). The van der Waals surface area contributed by atoms with Gasteiger partial charge in [0.05, 0.1) is 0 Å². The molecule has 0 aromatic heterocycles. The van der Waals surface area contributed by atoms with Crippen molar-refractivity contribution < 1.29 is 0 Å². The van der Waals surface area contributed by atoms with E-state index < -0.39 is 85.4 Å². The Morgan fingerprint density at radius 1 is 0.183 bits per heavy atom. The third kappa shape index (κ3) is 35.2. The Bertz CT molecular complexity index is 936. The van der Waals surface area contributed by atoms with Crippen LogP contribution in [0.5, 0.6) is 0 Å². The van der Waals surface area contributed by atoms with E-state index in [0.29, 0.717) is 0 Å². The van der Waals surface area contributed by atoms with Crippen LogP contribution in [0.3, 0.4) is 0 Å². The van der Waals surface area contributed by atoms with Crippen molar-refractivity contribution in [2.24, 2.45) is 0 Å². The van der Waals surface area contributed by atoms with Gasteiger partial charge in [-0.05, 0) is 0 Å². The summed E-state index contributed by atoms with van der Waals surface area (Å²) in [7, 11) is -2.22. The summed E-state index contributed by atoms with van der Waals surface area (Å²) in [6.07, 6.45) is 30.6. The fraction of sp³-hybridized carbons (Fsp3) is 1.00. The first-order valence-corrected chi connectivity index (χ1v) is 70.0.